The predicted octanol–water partition coefficient (Wildman–Crippen LogP) is 3.11. The normalized spacial score (nSPS) is 26.5. The van der Waals surface area contributed by atoms with E-state index < -0.39 is 0 Å². The van der Waals surface area contributed by atoms with Crippen LogP contribution in [0.4, 0.5) is 5.69 Å². The first-order chi connectivity index (χ1) is 9.65. The third-order valence-electron chi connectivity index (χ3n) is 4.72. The number of hydrogen-bond donors (Lipinski definition) is 1. The molecule has 1 aromatic rings. The summed E-state index contributed by atoms with van der Waals surface area (Å²) in [5, 5.41) is 0. The Balaban J connectivity index is 2.28. The van der Waals surface area contributed by atoms with Crippen LogP contribution in [0.15, 0.2) is 24.3 Å². The van der Waals surface area contributed by atoms with Crippen molar-refractivity contribution in [3.8, 4) is 0 Å². The monoisotopic (exact) mass is 276 g/mol. The van der Waals surface area contributed by atoms with E-state index in [1.54, 1.807) is 0 Å². The van der Waals surface area contributed by atoms with Gasteiger partial charge in [-0.2, -0.15) is 0 Å². The van der Waals surface area contributed by atoms with Gasteiger partial charge in [-0.3, -0.25) is 0 Å². The molecule has 20 heavy (non-hydrogen) atoms. The summed E-state index contributed by atoms with van der Waals surface area (Å²) in [5.74, 6) is 0. The summed E-state index contributed by atoms with van der Waals surface area (Å²) in [6.07, 6.45) is 4.88. The molecule has 1 aliphatic rings. The highest BCUT2D eigenvalue weighted by molar-refractivity contribution is 5.50. The highest BCUT2D eigenvalue weighted by Crippen LogP contribution is 2.37. The van der Waals surface area contributed by atoms with Gasteiger partial charge in [-0.15, -0.1) is 0 Å². The van der Waals surface area contributed by atoms with E-state index in [0.29, 0.717) is 12.6 Å². The van der Waals surface area contributed by atoms with E-state index >= 15 is 0 Å². The van der Waals surface area contributed by atoms with Crippen molar-refractivity contribution in [3.63, 3.8) is 0 Å². The summed E-state index contributed by atoms with van der Waals surface area (Å²) in [4.78, 5) is 2.48. The minimum Gasteiger partial charge on any atom is -0.381 e. The van der Waals surface area contributed by atoms with Crippen LogP contribution in [0.25, 0.3) is 0 Å². The SMILES string of the molecule is CCN(c1ccc(C)cc1)C1(CN)CCCC(OC)C1. The molecule has 0 amide bonds. The fraction of sp³-hybridized carbons (Fsp3) is 0.647. The van der Waals surface area contributed by atoms with Gasteiger partial charge in [0, 0.05) is 25.9 Å². The fourth-order valence-electron chi connectivity index (χ4n) is 3.55. The lowest BCUT2D eigenvalue weighted by Crippen LogP contribution is -2.57. The van der Waals surface area contributed by atoms with Crippen LogP contribution in [0.2, 0.25) is 0 Å². The Morgan fingerprint density at radius 1 is 1.35 bits per heavy atom. The minimum atomic E-state index is 0.0446. The molecule has 0 spiro atoms. The van der Waals surface area contributed by atoms with E-state index in [-0.39, 0.29) is 5.54 Å². The number of rotatable bonds is 5. The van der Waals surface area contributed by atoms with E-state index in [0.717, 1.165) is 25.8 Å². The molecule has 112 valence electrons. The molecule has 0 aromatic heterocycles. The van der Waals surface area contributed by atoms with Crippen molar-refractivity contribution < 1.29 is 4.74 Å². The second-order valence-corrected chi connectivity index (χ2v) is 5.96. The summed E-state index contributed by atoms with van der Waals surface area (Å²) in [5.41, 5.74) is 8.82. The highest BCUT2D eigenvalue weighted by Gasteiger charge is 2.40. The Labute approximate surface area is 123 Å². The standard InChI is InChI=1S/C17H28N2O/c1-4-19(15-9-7-14(2)8-10-15)17(13-18)11-5-6-16(12-17)20-3/h7-10,16H,4-6,11-13,18H2,1-3H3. The van der Waals surface area contributed by atoms with Crippen LogP contribution in [0.3, 0.4) is 0 Å². The quantitative estimate of drug-likeness (QED) is 0.898. The highest BCUT2D eigenvalue weighted by atomic mass is 16.5. The third kappa shape index (κ3) is 2.99. The molecule has 2 unspecified atom stereocenters. The zero-order valence-electron chi connectivity index (χ0n) is 13.1. The molecule has 2 rings (SSSR count). The maximum Gasteiger partial charge on any atom is 0.0594 e. The molecule has 2 atom stereocenters. The van der Waals surface area contributed by atoms with Crippen molar-refractivity contribution in [1.29, 1.82) is 0 Å². The van der Waals surface area contributed by atoms with Gasteiger partial charge in [0.2, 0.25) is 0 Å². The predicted molar refractivity (Wildman–Crippen MR) is 85.2 cm³/mol. The molecule has 0 heterocycles. The summed E-state index contributed by atoms with van der Waals surface area (Å²) >= 11 is 0. The van der Waals surface area contributed by atoms with Crippen LogP contribution in [-0.2, 0) is 4.74 Å². The van der Waals surface area contributed by atoms with Crippen LogP contribution >= 0.6 is 0 Å². The molecule has 0 aliphatic heterocycles. The van der Waals surface area contributed by atoms with Gasteiger partial charge < -0.3 is 15.4 Å². The van der Waals surface area contributed by atoms with E-state index in [9.17, 15) is 0 Å². The van der Waals surface area contributed by atoms with Crippen molar-refractivity contribution in [2.75, 3.05) is 25.1 Å². The van der Waals surface area contributed by atoms with Gasteiger partial charge in [-0.05, 0) is 51.7 Å². The van der Waals surface area contributed by atoms with Crippen LogP contribution in [-0.4, -0.2) is 31.8 Å². The van der Waals surface area contributed by atoms with Crippen LogP contribution < -0.4 is 10.6 Å². The van der Waals surface area contributed by atoms with Gasteiger partial charge >= 0.3 is 0 Å². The largest absolute Gasteiger partial charge is 0.381 e. The molecule has 1 fully saturated rings. The molecule has 0 bridgehead atoms. The van der Waals surface area contributed by atoms with Gasteiger partial charge in [0.15, 0.2) is 0 Å². The Morgan fingerprint density at radius 2 is 2.05 bits per heavy atom. The first-order valence-corrected chi connectivity index (χ1v) is 7.72. The second-order valence-electron chi connectivity index (χ2n) is 5.96. The number of benzene rings is 1. The summed E-state index contributed by atoms with van der Waals surface area (Å²) in [6.45, 7) is 6.01. The van der Waals surface area contributed by atoms with Gasteiger partial charge in [-0.1, -0.05) is 17.7 Å². The molecular formula is C17H28N2O. The Morgan fingerprint density at radius 3 is 2.60 bits per heavy atom. The van der Waals surface area contributed by atoms with Crippen molar-refractivity contribution in [3.05, 3.63) is 29.8 Å². The lowest BCUT2D eigenvalue weighted by molar-refractivity contribution is 0.0413. The fourth-order valence-corrected chi connectivity index (χ4v) is 3.55. The van der Waals surface area contributed by atoms with Gasteiger partial charge in [-0.25, -0.2) is 0 Å². The maximum atomic E-state index is 6.20. The molecule has 3 heteroatoms. The first kappa shape index (κ1) is 15.3. The van der Waals surface area contributed by atoms with Crippen LogP contribution in [0.1, 0.15) is 38.2 Å². The van der Waals surface area contributed by atoms with Gasteiger partial charge in [0.05, 0.1) is 11.6 Å². The number of likely N-dealkylation sites (N-methyl/N-ethyl adjacent to an activating group) is 1. The first-order valence-electron chi connectivity index (χ1n) is 7.72. The minimum absolute atomic E-state index is 0.0446. The third-order valence-corrected chi connectivity index (χ3v) is 4.72. The zero-order chi connectivity index (χ0) is 14.6. The van der Waals surface area contributed by atoms with Crippen molar-refractivity contribution in [1.82, 2.24) is 0 Å². The van der Waals surface area contributed by atoms with Crippen molar-refractivity contribution in [2.24, 2.45) is 5.73 Å². The summed E-state index contributed by atoms with van der Waals surface area (Å²) in [6, 6.07) is 8.79. The number of methoxy groups -OCH3 is 1. The van der Waals surface area contributed by atoms with E-state index in [4.69, 9.17) is 10.5 Å². The topological polar surface area (TPSA) is 38.5 Å². The Hall–Kier alpha value is -1.06. The molecule has 1 aliphatic carbocycles. The van der Waals surface area contributed by atoms with Crippen molar-refractivity contribution >= 4 is 5.69 Å². The molecule has 2 N–H and O–H groups in total. The number of nitrogens with zero attached hydrogens (tertiary/aromatic N) is 1. The lowest BCUT2D eigenvalue weighted by Gasteiger charge is -2.49. The second kappa shape index (κ2) is 6.59. The maximum absolute atomic E-state index is 6.20. The lowest BCUT2D eigenvalue weighted by atomic mass is 9.78. The Bertz CT molecular complexity index is 418. The molecule has 0 radical (unpaired) electrons. The number of ether oxygens (including phenoxy) is 1. The molecule has 1 saturated carbocycles. The Kier molecular flexibility index (Phi) is 5.06. The van der Waals surface area contributed by atoms with E-state index in [2.05, 4.69) is 43.0 Å². The number of anilines is 1. The number of aryl methyl sites for hydroxylation is 1. The molecular weight excluding hydrogens is 248 g/mol. The molecule has 3 nitrogen and oxygen atoms in total. The number of nitrogens with two attached hydrogens (primary N) is 1. The molecule has 0 saturated heterocycles. The van der Waals surface area contributed by atoms with Gasteiger partial charge in [0.1, 0.15) is 0 Å². The molecule has 1 aromatic carbocycles. The summed E-state index contributed by atoms with van der Waals surface area (Å²) in [7, 11) is 1.82. The van der Waals surface area contributed by atoms with Gasteiger partial charge in [0.25, 0.3) is 0 Å². The summed E-state index contributed by atoms with van der Waals surface area (Å²) < 4.78 is 5.62. The van der Waals surface area contributed by atoms with E-state index in [1.807, 2.05) is 7.11 Å². The average molecular weight is 276 g/mol. The zero-order valence-corrected chi connectivity index (χ0v) is 13.1. The van der Waals surface area contributed by atoms with E-state index in [1.165, 1.54) is 17.7 Å². The van der Waals surface area contributed by atoms with Crippen LogP contribution in [0, 0.1) is 6.92 Å². The van der Waals surface area contributed by atoms with Crippen LogP contribution in [0.5, 0.6) is 0 Å². The number of hydrogen-bond acceptors (Lipinski definition) is 3. The van der Waals surface area contributed by atoms with Crippen molar-refractivity contribution in [2.45, 2.75) is 51.2 Å². The smallest absolute Gasteiger partial charge is 0.0594 e. The average Bonchev–Trinajstić information content (AvgIpc) is 2.50.